The van der Waals surface area contributed by atoms with Crippen LogP contribution in [0, 0.1) is 5.92 Å². The topological polar surface area (TPSA) is 70.7 Å². The lowest BCUT2D eigenvalue weighted by molar-refractivity contribution is -0.113. The van der Waals surface area contributed by atoms with E-state index in [4.69, 9.17) is 0 Å². The lowest BCUT2D eigenvalue weighted by Crippen LogP contribution is -2.14. The zero-order chi connectivity index (χ0) is 16.9. The van der Waals surface area contributed by atoms with Crippen molar-refractivity contribution < 1.29 is 4.79 Å². The van der Waals surface area contributed by atoms with E-state index in [9.17, 15) is 4.79 Å². The highest BCUT2D eigenvalue weighted by molar-refractivity contribution is 7.99. The molecular weight excluding hydrogens is 320 g/mol. The van der Waals surface area contributed by atoms with Crippen molar-refractivity contribution >= 4 is 28.9 Å². The molecule has 1 unspecified atom stereocenters. The lowest BCUT2D eigenvalue weighted by Gasteiger charge is -2.21. The monoisotopic (exact) mass is 340 g/mol. The summed E-state index contributed by atoms with van der Waals surface area (Å²) in [5, 5.41) is 11.1. The Morgan fingerprint density at radius 1 is 1.38 bits per heavy atom. The molecule has 124 valence electrons. The lowest BCUT2D eigenvalue weighted by atomic mass is 9.84. The third-order valence-corrected chi connectivity index (χ3v) is 4.87. The number of aromatic nitrogens is 3. The Balaban J connectivity index is 1.62. The average molecular weight is 340 g/mol. The highest BCUT2D eigenvalue weighted by Crippen LogP contribution is 2.33. The second-order valence-electron chi connectivity index (χ2n) is 5.84. The second kappa shape index (κ2) is 7.49. The van der Waals surface area contributed by atoms with Gasteiger partial charge in [-0.1, -0.05) is 43.0 Å². The summed E-state index contributed by atoms with van der Waals surface area (Å²) in [6.07, 6.45) is 6.98. The number of rotatable bonds is 5. The standard InChI is InChI=1S/C18H20N4OS/c1-12-4-3-5-13(2)17(12)14-6-8-15(9-7-14)21-16(23)10-24-18-19-11-20-22-18/h3-4,6-9,11,13H,5,10H2,1-2H3,(H,21,23)(H,19,20,22). The molecular formula is C18H20N4OS. The Bertz CT molecular complexity index is 763. The molecule has 24 heavy (non-hydrogen) atoms. The summed E-state index contributed by atoms with van der Waals surface area (Å²) in [5.74, 6) is 0.755. The third-order valence-electron chi connectivity index (χ3n) is 3.99. The number of amides is 1. The van der Waals surface area contributed by atoms with Crippen LogP contribution >= 0.6 is 11.8 Å². The summed E-state index contributed by atoms with van der Waals surface area (Å²) < 4.78 is 0. The number of nitrogens with one attached hydrogen (secondary N) is 2. The maximum absolute atomic E-state index is 12.0. The average Bonchev–Trinajstić information content (AvgIpc) is 3.08. The molecule has 1 aromatic carbocycles. The van der Waals surface area contributed by atoms with Gasteiger partial charge in [0.15, 0.2) is 5.16 Å². The van der Waals surface area contributed by atoms with E-state index < -0.39 is 0 Å². The normalized spacial score (nSPS) is 17.2. The van der Waals surface area contributed by atoms with Crippen molar-refractivity contribution in [1.82, 2.24) is 15.2 Å². The molecule has 0 radical (unpaired) electrons. The number of hydrogen-bond acceptors (Lipinski definition) is 4. The molecule has 0 saturated heterocycles. The first-order valence-electron chi connectivity index (χ1n) is 7.90. The van der Waals surface area contributed by atoms with Crippen molar-refractivity contribution in [1.29, 1.82) is 0 Å². The Morgan fingerprint density at radius 3 is 2.83 bits per heavy atom. The number of nitrogens with zero attached hydrogens (tertiary/aromatic N) is 2. The minimum absolute atomic E-state index is 0.0616. The molecule has 1 heterocycles. The van der Waals surface area contributed by atoms with Gasteiger partial charge in [-0.25, -0.2) is 0 Å². The number of hydrogen-bond donors (Lipinski definition) is 2. The molecule has 6 heteroatoms. The van der Waals surface area contributed by atoms with Crippen molar-refractivity contribution in [2.24, 2.45) is 5.92 Å². The van der Waals surface area contributed by atoms with Crippen LogP contribution in [0.3, 0.4) is 0 Å². The number of allylic oxidation sites excluding steroid dienone is 4. The molecule has 1 atom stereocenters. The van der Waals surface area contributed by atoms with E-state index >= 15 is 0 Å². The molecule has 1 aromatic heterocycles. The number of H-pyrrole nitrogens is 1. The molecule has 1 amide bonds. The van der Waals surface area contributed by atoms with Gasteiger partial charge in [-0.05, 0) is 48.1 Å². The molecule has 5 nitrogen and oxygen atoms in total. The van der Waals surface area contributed by atoms with Crippen LogP contribution in [0.1, 0.15) is 25.8 Å². The smallest absolute Gasteiger partial charge is 0.234 e. The Hall–Kier alpha value is -2.34. The molecule has 0 spiro atoms. The van der Waals surface area contributed by atoms with Gasteiger partial charge in [-0.2, -0.15) is 0 Å². The van der Waals surface area contributed by atoms with E-state index in [1.54, 1.807) is 0 Å². The summed E-state index contributed by atoms with van der Waals surface area (Å²) >= 11 is 1.32. The quantitative estimate of drug-likeness (QED) is 0.810. The van der Waals surface area contributed by atoms with Gasteiger partial charge >= 0.3 is 0 Å². The van der Waals surface area contributed by atoms with Crippen LogP contribution in [0.25, 0.3) is 5.57 Å². The zero-order valence-electron chi connectivity index (χ0n) is 13.7. The van der Waals surface area contributed by atoms with E-state index in [-0.39, 0.29) is 5.91 Å². The maximum Gasteiger partial charge on any atom is 0.234 e. The Kier molecular flexibility index (Phi) is 5.15. The Labute approximate surface area is 145 Å². The zero-order valence-corrected chi connectivity index (χ0v) is 14.6. The van der Waals surface area contributed by atoms with Crippen LogP contribution in [0.4, 0.5) is 5.69 Å². The number of carbonyl (C=O) groups excluding carboxylic acids is 1. The van der Waals surface area contributed by atoms with Gasteiger partial charge in [0.25, 0.3) is 0 Å². The molecule has 0 bridgehead atoms. The summed E-state index contributed by atoms with van der Waals surface area (Å²) in [7, 11) is 0. The molecule has 1 aliphatic carbocycles. The van der Waals surface area contributed by atoms with Crippen molar-refractivity contribution in [2.75, 3.05) is 11.1 Å². The van der Waals surface area contributed by atoms with Gasteiger partial charge < -0.3 is 10.3 Å². The van der Waals surface area contributed by atoms with Crippen LogP contribution in [-0.2, 0) is 4.79 Å². The number of carbonyl (C=O) groups is 1. The third kappa shape index (κ3) is 3.94. The molecule has 0 fully saturated rings. The highest BCUT2D eigenvalue weighted by Gasteiger charge is 2.15. The fourth-order valence-corrected chi connectivity index (χ4v) is 3.47. The van der Waals surface area contributed by atoms with E-state index in [1.807, 2.05) is 12.1 Å². The van der Waals surface area contributed by atoms with E-state index in [0.29, 0.717) is 16.8 Å². The minimum Gasteiger partial charge on any atom is -0.325 e. The first kappa shape index (κ1) is 16.5. The summed E-state index contributed by atoms with van der Waals surface area (Å²) in [4.78, 5) is 14.8. The van der Waals surface area contributed by atoms with E-state index in [0.717, 1.165) is 12.1 Å². The molecule has 1 aliphatic rings. The SMILES string of the molecule is CC1=C(c2ccc(NC(=O)CSc3nnc[nH]3)cc2)C(C)CC=C1. The predicted octanol–water partition coefficient (Wildman–Crippen LogP) is 3.91. The first-order chi connectivity index (χ1) is 11.6. The van der Waals surface area contributed by atoms with Crippen molar-refractivity contribution in [3.8, 4) is 0 Å². The van der Waals surface area contributed by atoms with Gasteiger partial charge in [-0.3, -0.25) is 4.79 Å². The van der Waals surface area contributed by atoms with Crippen LogP contribution < -0.4 is 5.32 Å². The van der Waals surface area contributed by atoms with Gasteiger partial charge in [-0.15, -0.1) is 10.2 Å². The van der Waals surface area contributed by atoms with Gasteiger partial charge in [0.05, 0.1) is 5.75 Å². The molecule has 0 saturated carbocycles. The summed E-state index contributed by atoms with van der Waals surface area (Å²) in [6, 6.07) is 8.07. The van der Waals surface area contributed by atoms with Crippen LogP contribution in [0.5, 0.6) is 0 Å². The molecule has 2 N–H and O–H groups in total. The predicted molar refractivity (Wildman–Crippen MR) is 97.7 cm³/mol. The molecule has 0 aliphatic heterocycles. The minimum atomic E-state index is -0.0616. The largest absolute Gasteiger partial charge is 0.325 e. The van der Waals surface area contributed by atoms with Crippen molar-refractivity contribution in [3.63, 3.8) is 0 Å². The summed E-state index contributed by atoms with van der Waals surface area (Å²) in [5.41, 5.74) is 4.72. The van der Waals surface area contributed by atoms with Crippen LogP contribution in [-0.4, -0.2) is 26.8 Å². The molecule has 2 aromatic rings. The van der Waals surface area contributed by atoms with E-state index in [2.05, 4.69) is 58.6 Å². The number of thioether (sulfide) groups is 1. The summed E-state index contributed by atoms with van der Waals surface area (Å²) in [6.45, 7) is 4.40. The second-order valence-corrected chi connectivity index (χ2v) is 6.81. The van der Waals surface area contributed by atoms with Gasteiger partial charge in [0, 0.05) is 5.69 Å². The van der Waals surface area contributed by atoms with Crippen LogP contribution in [0.15, 0.2) is 53.5 Å². The maximum atomic E-state index is 12.0. The van der Waals surface area contributed by atoms with Gasteiger partial charge in [0.1, 0.15) is 6.33 Å². The number of benzene rings is 1. The first-order valence-corrected chi connectivity index (χ1v) is 8.88. The van der Waals surface area contributed by atoms with Crippen molar-refractivity contribution in [2.45, 2.75) is 25.4 Å². The number of aromatic amines is 1. The number of anilines is 1. The fraction of sp³-hybridized carbons (Fsp3) is 0.278. The van der Waals surface area contributed by atoms with Gasteiger partial charge in [0.2, 0.25) is 5.91 Å². The molecule has 3 rings (SSSR count). The fourth-order valence-electron chi connectivity index (χ4n) is 2.89. The van der Waals surface area contributed by atoms with Crippen LogP contribution in [0.2, 0.25) is 0 Å². The van der Waals surface area contributed by atoms with E-state index in [1.165, 1.54) is 34.8 Å². The Morgan fingerprint density at radius 2 is 2.17 bits per heavy atom. The highest BCUT2D eigenvalue weighted by atomic mass is 32.2. The van der Waals surface area contributed by atoms with Crippen molar-refractivity contribution in [3.05, 3.63) is 53.9 Å².